The van der Waals surface area contributed by atoms with Gasteiger partial charge in [-0.2, -0.15) is 0 Å². The van der Waals surface area contributed by atoms with E-state index in [0.29, 0.717) is 24.4 Å². The van der Waals surface area contributed by atoms with Crippen LogP contribution in [0.15, 0.2) is 30.5 Å². The first-order valence-electron chi connectivity index (χ1n) is 11.1. The van der Waals surface area contributed by atoms with Crippen molar-refractivity contribution in [1.82, 2.24) is 20.1 Å². The maximum absolute atomic E-state index is 12.7. The van der Waals surface area contributed by atoms with E-state index in [1.807, 2.05) is 12.1 Å². The normalized spacial score (nSPS) is 24.1. The van der Waals surface area contributed by atoms with E-state index < -0.39 is 0 Å². The molecule has 30 heavy (non-hydrogen) atoms. The van der Waals surface area contributed by atoms with Crippen LogP contribution in [0.25, 0.3) is 10.9 Å². The largest absolute Gasteiger partial charge is 0.352 e. The minimum absolute atomic E-state index is 0.156. The lowest BCUT2D eigenvalue weighted by atomic mass is 9.83. The van der Waals surface area contributed by atoms with Crippen molar-refractivity contribution >= 4 is 23.0 Å². The molecule has 1 aromatic heterocycles. The Kier molecular flexibility index (Phi) is 6.44. The number of hydrogen-bond donors (Lipinski definition) is 2. The number of piperidine rings is 2. The summed E-state index contributed by atoms with van der Waals surface area (Å²) in [4.78, 5) is 21.9. The van der Waals surface area contributed by atoms with E-state index >= 15 is 0 Å². The molecular weight excluding hydrogens is 374 g/mol. The molecule has 2 aromatic rings. The van der Waals surface area contributed by atoms with Gasteiger partial charge < -0.3 is 15.6 Å². The van der Waals surface area contributed by atoms with Gasteiger partial charge in [0.25, 0.3) is 0 Å². The fourth-order valence-electron chi connectivity index (χ4n) is 5.13. The molecule has 2 aliphatic heterocycles. The molecule has 1 amide bonds. The Morgan fingerprint density at radius 3 is 2.83 bits per heavy atom. The SMILES string of the molecule is C[C@@H]1C[C@@H](c2ccc(C=N)c3ncccc23)CN(CC(=O)NC2CCN(C)CC2)C1. The van der Waals surface area contributed by atoms with Crippen molar-refractivity contribution < 1.29 is 4.79 Å². The predicted molar refractivity (Wildman–Crippen MR) is 121 cm³/mol. The van der Waals surface area contributed by atoms with Gasteiger partial charge >= 0.3 is 0 Å². The summed E-state index contributed by atoms with van der Waals surface area (Å²) in [5.41, 5.74) is 3.04. The molecule has 0 spiro atoms. The standard InChI is InChI=1S/C24H33N5O/c1-17-12-19(21-6-5-18(13-25)24-22(21)4-3-9-26-24)15-29(14-17)16-23(30)27-20-7-10-28(2)11-8-20/h3-6,9,13,17,19-20,25H,7-8,10-12,14-16H2,1-2H3,(H,27,30)/t17-,19-/m1/s1. The lowest BCUT2D eigenvalue weighted by Crippen LogP contribution is -2.49. The Labute approximate surface area is 179 Å². The molecule has 2 fully saturated rings. The van der Waals surface area contributed by atoms with Crippen LogP contribution >= 0.6 is 0 Å². The topological polar surface area (TPSA) is 72.3 Å². The summed E-state index contributed by atoms with van der Waals surface area (Å²) < 4.78 is 0. The number of rotatable bonds is 5. The van der Waals surface area contributed by atoms with Crippen molar-refractivity contribution in [2.75, 3.05) is 39.8 Å². The number of aromatic nitrogens is 1. The van der Waals surface area contributed by atoms with E-state index in [1.54, 1.807) is 6.20 Å². The average molecular weight is 408 g/mol. The number of amides is 1. The Bertz CT molecular complexity index is 906. The number of nitrogens with one attached hydrogen (secondary N) is 2. The van der Waals surface area contributed by atoms with Crippen molar-refractivity contribution in [2.24, 2.45) is 5.92 Å². The van der Waals surface area contributed by atoms with Crippen LogP contribution in [-0.2, 0) is 4.79 Å². The van der Waals surface area contributed by atoms with Gasteiger partial charge in [-0.25, -0.2) is 0 Å². The highest BCUT2D eigenvalue weighted by Gasteiger charge is 2.29. The smallest absolute Gasteiger partial charge is 0.234 e. The quantitative estimate of drug-likeness (QED) is 0.748. The number of carbonyl (C=O) groups excluding carboxylic acids is 1. The first-order chi connectivity index (χ1) is 14.5. The van der Waals surface area contributed by atoms with E-state index in [4.69, 9.17) is 5.41 Å². The van der Waals surface area contributed by atoms with Gasteiger partial charge in [0.2, 0.25) is 5.91 Å². The van der Waals surface area contributed by atoms with Gasteiger partial charge in [0.15, 0.2) is 0 Å². The minimum atomic E-state index is 0.156. The van der Waals surface area contributed by atoms with Crippen LogP contribution < -0.4 is 5.32 Å². The van der Waals surface area contributed by atoms with Crippen LogP contribution in [0.4, 0.5) is 0 Å². The fraction of sp³-hybridized carbons (Fsp3) is 0.542. The zero-order valence-corrected chi connectivity index (χ0v) is 18.1. The van der Waals surface area contributed by atoms with Crippen LogP contribution in [0.1, 0.15) is 43.2 Å². The summed E-state index contributed by atoms with van der Waals surface area (Å²) in [6.07, 6.45) is 6.37. The van der Waals surface area contributed by atoms with Crippen molar-refractivity contribution in [3.63, 3.8) is 0 Å². The number of benzene rings is 1. The Morgan fingerprint density at radius 2 is 2.07 bits per heavy atom. The molecule has 0 aliphatic carbocycles. The second-order valence-electron chi connectivity index (χ2n) is 9.16. The zero-order valence-electron chi connectivity index (χ0n) is 18.1. The first-order valence-corrected chi connectivity index (χ1v) is 11.1. The molecule has 2 N–H and O–H groups in total. The summed E-state index contributed by atoms with van der Waals surface area (Å²) in [5, 5.41) is 12.1. The molecule has 2 aliphatic rings. The van der Waals surface area contributed by atoms with Crippen molar-refractivity contribution in [3.05, 3.63) is 41.6 Å². The van der Waals surface area contributed by atoms with Crippen LogP contribution in [0.3, 0.4) is 0 Å². The zero-order chi connectivity index (χ0) is 21.1. The molecule has 4 rings (SSSR count). The highest BCUT2D eigenvalue weighted by atomic mass is 16.2. The highest BCUT2D eigenvalue weighted by molar-refractivity contribution is 5.98. The van der Waals surface area contributed by atoms with Crippen LogP contribution in [0.5, 0.6) is 0 Å². The van der Waals surface area contributed by atoms with Crippen LogP contribution in [0, 0.1) is 11.3 Å². The molecule has 6 heteroatoms. The van der Waals surface area contributed by atoms with Gasteiger partial charge in [0.05, 0.1) is 12.1 Å². The van der Waals surface area contributed by atoms with Gasteiger partial charge in [-0.3, -0.25) is 14.7 Å². The van der Waals surface area contributed by atoms with Crippen LogP contribution in [-0.4, -0.2) is 72.7 Å². The molecule has 0 saturated carbocycles. The van der Waals surface area contributed by atoms with E-state index in [-0.39, 0.29) is 5.91 Å². The molecule has 1 aromatic carbocycles. The maximum atomic E-state index is 12.7. The van der Waals surface area contributed by atoms with Gasteiger partial charge in [0, 0.05) is 42.5 Å². The molecule has 160 valence electrons. The van der Waals surface area contributed by atoms with Gasteiger partial charge in [0.1, 0.15) is 0 Å². The second kappa shape index (κ2) is 9.23. The van der Waals surface area contributed by atoms with E-state index in [2.05, 4.69) is 46.2 Å². The van der Waals surface area contributed by atoms with E-state index in [0.717, 1.165) is 61.9 Å². The first kappa shape index (κ1) is 20.9. The number of fused-ring (bicyclic) bond motifs is 1. The summed E-state index contributed by atoms with van der Waals surface area (Å²) in [5.74, 6) is 1.06. The summed E-state index contributed by atoms with van der Waals surface area (Å²) in [6, 6.07) is 8.56. The molecule has 3 heterocycles. The lowest BCUT2D eigenvalue weighted by Gasteiger charge is -2.37. The number of carbonyl (C=O) groups is 1. The highest BCUT2D eigenvalue weighted by Crippen LogP contribution is 2.34. The minimum Gasteiger partial charge on any atom is -0.352 e. The van der Waals surface area contributed by atoms with Crippen LogP contribution in [0.2, 0.25) is 0 Å². The molecular formula is C24H33N5O. The fourth-order valence-corrected chi connectivity index (χ4v) is 5.13. The third kappa shape index (κ3) is 4.71. The molecule has 6 nitrogen and oxygen atoms in total. The maximum Gasteiger partial charge on any atom is 0.234 e. The Hall–Kier alpha value is -2.31. The summed E-state index contributed by atoms with van der Waals surface area (Å²) in [6.45, 7) is 6.72. The summed E-state index contributed by atoms with van der Waals surface area (Å²) >= 11 is 0. The number of nitrogens with zero attached hydrogens (tertiary/aromatic N) is 3. The monoisotopic (exact) mass is 407 g/mol. The van der Waals surface area contributed by atoms with Crippen molar-refractivity contribution in [1.29, 1.82) is 5.41 Å². The third-order valence-electron chi connectivity index (χ3n) is 6.62. The van der Waals surface area contributed by atoms with E-state index in [1.165, 1.54) is 11.8 Å². The second-order valence-corrected chi connectivity index (χ2v) is 9.16. The van der Waals surface area contributed by atoms with Crippen molar-refractivity contribution in [2.45, 2.75) is 38.1 Å². The molecule has 0 unspecified atom stereocenters. The third-order valence-corrected chi connectivity index (χ3v) is 6.62. The Morgan fingerprint density at radius 1 is 1.27 bits per heavy atom. The predicted octanol–water partition coefficient (Wildman–Crippen LogP) is 2.87. The van der Waals surface area contributed by atoms with E-state index in [9.17, 15) is 4.79 Å². The van der Waals surface area contributed by atoms with Crippen molar-refractivity contribution in [3.8, 4) is 0 Å². The van der Waals surface area contributed by atoms with Gasteiger partial charge in [-0.15, -0.1) is 0 Å². The molecule has 0 bridgehead atoms. The number of pyridine rings is 1. The Balaban J connectivity index is 1.46. The number of likely N-dealkylation sites (tertiary alicyclic amines) is 2. The summed E-state index contributed by atoms with van der Waals surface area (Å²) in [7, 11) is 2.14. The van der Waals surface area contributed by atoms with Gasteiger partial charge in [-0.05, 0) is 62.9 Å². The molecule has 0 radical (unpaired) electrons. The molecule has 2 saturated heterocycles. The number of hydrogen-bond acceptors (Lipinski definition) is 5. The average Bonchev–Trinajstić information content (AvgIpc) is 2.74. The van der Waals surface area contributed by atoms with Gasteiger partial charge in [-0.1, -0.05) is 25.1 Å². The lowest BCUT2D eigenvalue weighted by molar-refractivity contribution is -0.123. The molecule has 2 atom stereocenters.